The first-order valence-corrected chi connectivity index (χ1v) is 8.06. The van der Waals surface area contributed by atoms with Crippen molar-refractivity contribution in [2.45, 2.75) is 0 Å². The summed E-state index contributed by atoms with van der Waals surface area (Å²) in [5.74, 6) is -0.191. The van der Waals surface area contributed by atoms with Gasteiger partial charge in [0.15, 0.2) is 10.9 Å². The monoisotopic (exact) mass is 347 g/mol. The first-order valence-electron chi connectivity index (χ1n) is 7.65. The van der Waals surface area contributed by atoms with Gasteiger partial charge >= 0.3 is 0 Å². The third-order valence-electron chi connectivity index (χ3n) is 3.76. The number of fused-ring (bicyclic) bond motifs is 2. The van der Waals surface area contributed by atoms with Crippen LogP contribution in [0.4, 0.5) is 5.69 Å². The first-order chi connectivity index (χ1) is 12.2. The Hall–Kier alpha value is -3.25. The summed E-state index contributed by atoms with van der Waals surface area (Å²) in [7, 11) is 0. The fraction of sp³-hybridized carbons (Fsp3) is 0. The van der Waals surface area contributed by atoms with E-state index in [0.29, 0.717) is 5.58 Å². The SMILES string of the molecule is O=C(NC(=S)Nc1cccc2cccnc12)c1cc2ccccc2o1. The van der Waals surface area contributed by atoms with Gasteiger partial charge < -0.3 is 9.73 Å². The van der Waals surface area contributed by atoms with Crippen LogP contribution in [-0.4, -0.2) is 16.0 Å². The van der Waals surface area contributed by atoms with E-state index in [1.165, 1.54) is 0 Å². The summed E-state index contributed by atoms with van der Waals surface area (Å²) in [4.78, 5) is 16.7. The first kappa shape index (κ1) is 15.3. The van der Waals surface area contributed by atoms with Crippen LogP contribution >= 0.6 is 12.2 Å². The molecular formula is C19H13N3O2S. The average molecular weight is 347 g/mol. The molecule has 0 bridgehead atoms. The number of carbonyl (C=O) groups excluding carboxylic acids is 1. The lowest BCUT2D eigenvalue weighted by Crippen LogP contribution is -2.33. The highest BCUT2D eigenvalue weighted by molar-refractivity contribution is 7.80. The van der Waals surface area contributed by atoms with Gasteiger partial charge in [-0.3, -0.25) is 15.1 Å². The molecule has 2 aromatic carbocycles. The van der Waals surface area contributed by atoms with Crippen molar-refractivity contribution in [2.24, 2.45) is 0 Å². The molecule has 0 spiro atoms. The lowest BCUT2D eigenvalue weighted by atomic mass is 10.2. The van der Waals surface area contributed by atoms with Crippen LogP contribution in [0, 0.1) is 0 Å². The standard InChI is InChI=1S/C19H13N3O2S/c23-18(16-11-13-5-1-2-9-15(13)24-16)22-19(25)21-14-8-3-6-12-7-4-10-20-17(12)14/h1-11H,(H2,21,22,23,25). The number of pyridine rings is 1. The van der Waals surface area contributed by atoms with Gasteiger partial charge in [0.05, 0.1) is 11.2 Å². The van der Waals surface area contributed by atoms with Gasteiger partial charge in [-0.2, -0.15) is 0 Å². The number of hydrogen-bond acceptors (Lipinski definition) is 4. The van der Waals surface area contributed by atoms with Crippen LogP contribution in [0.3, 0.4) is 0 Å². The van der Waals surface area contributed by atoms with E-state index in [9.17, 15) is 4.79 Å². The fourth-order valence-corrected chi connectivity index (χ4v) is 2.82. The van der Waals surface area contributed by atoms with Gasteiger partial charge in [-0.1, -0.05) is 36.4 Å². The number of furan rings is 1. The highest BCUT2D eigenvalue weighted by Crippen LogP contribution is 2.21. The van der Waals surface area contributed by atoms with Crippen LogP contribution in [0.5, 0.6) is 0 Å². The molecule has 2 N–H and O–H groups in total. The van der Waals surface area contributed by atoms with E-state index in [4.69, 9.17) is 16.6 Å². The smallest absolute Gasteiger partial charge is 0.293 e. The maximum atomic E-state index is 12.3. The van der Waals surface area contributed by atoms with E-state index < -0.39 is 5.91 Å². The number of nitrogens with zero attached hydrogens (tertiary/aromatic N) is 1. The van der Waals surface area contributed by atoms with Gasteiger partial charge in [-0.05, 0) is 36.5 Å². The van der Waals surface area contributed by atoms with Crippen LogP contribution in [0.15, 0.2) is 71.3 Å². The van der Waals surface area contributed by atoms with E-state index in [0.717, 1.165) is 22.0 Å². The molecule has 0 atom stereocenters. The summed E-state index contributed by atoms with van der Waals surface area (Å²) in [5.41, 5.74) is 2.17. The van der Waals surface area contributed by atoms with E-state index in [1.807, 2.05) is 54.6 Å². The Kier molecular flexibility index (Phi) is 3.87. The summed E-state index contributed by atoms with van der Waals surface area (Å²) in [5, 5.41) is 7.68. The number of hydrogen-bond donors (Lipinski definition) is 2. The van der Waals surface area contributed by atoms with Crippen molar-refractivity contribution < 1.29 is 9.21 Å². The van der Waals surface area contributed by atoms with E-state index in [1.54, 1.807) is 12.3 Å². The largest absolute Gasteiger partial charge is 0.451 e. The molecule has 0 aliphatic rings. The van der Waals surface area contributed by atoms with Crippen LogP contribution < -0.4 is 10.6 Å². The third-order valence-corrected chi connectivity index (χ3v) is 3.96. The van der Waals surface area contributed by atoms with Crippen molar-refractivity contribution in [1.29, 1.82) is 0 Å². The van der Waals surface area contributed by atoms with Gasteiger partial charge in [-0.15, -0.1) is 0 Å². The zero-order valence-corrected chi connectivity index (χ0v) is 13.8. The highest BCUT2D eigenvalue weighted by atomic mass is 32.1. The van der Waals surface area contributed by atoms with Crippen LogP contribution in [0.25, 0.3) is 21.9 Å². The number of thiocarbonyl (C=S) groups is 1. The molecular weight excluding hydrogens is 334 g/mol. The summed E-state index contributed by atoms with van der Waals surface area (Å²) in [6.07, 6.45) is 1.71. The normalized spacial score (nSPS) is 10.7. The predicted molar refractivity (Wildman–Crippen MR) is 102 cm³/mol. The second-order valence-corrected chi connectivity index (χ2v) is 5.85. The molecule has 0 saturated heterocycles. The average Bonchev–Trinajstić information content (AvgIpc) is 3.06. The summed E-state index contributed by atoms with van der Waals surface area (Å²) in [6, 6.07) is 18.7. The lowest BCUT2D eigenvalue weighted by Gasteiger charge is -2.10. The Bertz CT molecular complexity index is 1070. The topological polar surface area (TPSA) is 67.2 Å². The second-order valence-electron chi connectivity index (χ2n) is 5.44. The van der Waals surface area contributed by atoms with Crippen LogP contribution in [-0.2, 0) is 0 Å². The number of benzene rings is 2. The van der Waals surface area contributed by atoms with Crippen molar-refractivity contribution in [3.8, 4) is 0 Å². The molecule has 0 aliphatic carbocycles. The molecule has 0 radical (unpaired) electrons. The third kappa shape index (κ3) is 3.07. The van der Waals surface area contributed by atoms with Crippen molar-refractivity contribution in [1.82, 2.24) is 10.3 Å². The second kappa shape index (κ2) is 6.33. The molecule has 4 rings (SSSR count). The van der Waals surface area contributed by atoms with Gasteiger partial charge in [0.1, 0.15) is 5.58 Å². The number of amides is 1. The molecule has 122 valence electrons. The maximum absolute atomic E-state index is 12.3. The summed E-state index contributed by atoms with van der Waals surface area (Å²) >= 11 is 5.24. The number of aromatic nitrogens is 1. The molecule has 6 heteroatoms. The lowest BCUT2D eigenvalue weighted by molar-refractivity contribution is 0.0953. The Morgan fingerprint density at radius 3 is 2.68 bits per heavy atom. The molecule has 25 heavy (non-hydrogen) atoms. The Labute approximate surface area is 148 Å². The van der Waals surface area contributed by atoms with Crippen LogP contribution in [0.2, 0.25) is 0 Å². The molecule has 5 nitrogen and oxygen atoms in total. The number of rotatable bonds is 2. The highest BCUT2D eigenvalue weighted by Gasteiger charge is 2.14. The minimum absolute atomic E-state index is 0.184. The van der Waals surface area contributed by atoms with Crippen molar-refractivity contribution >= 4 is 50.8 Å². The summed E-state index contributed by atoms with van der Waals surface area (Å²) < 4.78 is 5.54. The van der Waals surface area contributed by atoms with E-state index >= 15 is 0 Å². The Balaban J connectivity index is 1.52. The molecule has 1 amide bonds. The number of carbonyl (C=O) groups is 1. The van der Waals surface area contributed by atoms with Gasteiger partial charge in [0.25, 0.3) is 5.91 Å². The zero-order chi connectivity index (χ0) is 17.2. The van der Waals surface area contributed by atoms with E-state index in [-0.39, 0.29) is 10.9 Å². The molecule has 0 saturated carbocycles. The van der Waals surface area contributed by atoms with Crippen molar-refractivity contribution in [3.05, 3.63) is 72.6 Å². The molecule has 4 aromatic rings. The number of nitrogens with one attached hydrogen (secondary N) is 2. The van der Waals surface area contributed by atoms with Gasteiger partial charge in [-0.25, -0.2) is 0 Å². The quantitative estimate of drug-likeness (QED) is 0.534. The molecule has 0 fully saturated rings. The van der Waals surface area contributed by atoms with Crippen molar-refractivity contribution in [3.63, 3.8) is 0 Å². The summed E-state index contributed by atoms with van der Waals surface area (Å²) in [6.45, 7) is 0. The van der Waals surface area contributed by atoms with E-state index in [2.05, 4.69) is 15.6 Å². The fourth-order valence-electron chi connectivity index (χ4n) is 2.62. The maximum Gasteiger partial charge on any atom is 0.293 e. The minimum Gasteiger partial charge on any atom is -0.451 e. The minimum atomic E-state index is -0.401. The molecule has 2 aromatic heterocycles. The zero-order valence-electron chi connectivity index (χ0n) is 13.0. The predicted octanol–water partition coefficient (Wildman–Crippen LogP) is 4.11. The molecule has 0 aliphatic heterocycles. The number of anilines is 1. The van der Waals surface area contributed by atoms with Gasteiger partial charge in [0, 0.05) is 17.0 Å². The van der Waals surface area contributed by atoms with Crippen LogP contribution in [0.1, 0.15) is 10.6 Å². The van der Waals surface area contributed by atoms with Crippen molar-refractivity contribution in [2.75, 3.05) is 5.32 Å². The Morgan fingerprint density at radius 1 is 1.00 bits per heavy atom. The molecule has 2 heterocycles. The Morgan fingerprint density at radius 2 is 1.80 bits per heavy atom. The van der Waals surface area contributed by atoms with Gasteiger partial charge in [0.2, 0.25) is 0 Å². The number of para-hydroxylation sites is 2. The molecule has 0 unspecified atom stereocenters.